The van der Waals surface area contributed by atoms with E-state index in [9.17, 15) is 0 Å². The van der Waals surface area contributed by atoms with E-state index in [0.29, 0.717) is 11.5 Å². The van der Waals surface area contributed by atoms with Crippen LogP contribution in [-0.2, 0) is 4.74 Å². The molecule has 0 spiro atoms. The molecule has 1 N–H and O–H groups in total. The lowest BCUT2D eigenvalue weighted by Gasteiger charge is -2.42. The van der Waals surface area contributed by atoms with Gasteiger partial charge in [0.15, 0.2) is 0 Å². The molecule has 0 aromatic heterocycles. The molecule has 2 fully saturated rings. The topological polar surface area (TPSA) is 24.5 Å². The summed E-state index contributed by atoms with van der Waals surface area (Å²) in [5, 5.41) is 3.75. The zero-order valence-electron chi connectivity index (χ0n) is 13.1. The Morgan fingerprint density at radius 1 is 1.32 bits per heavy atom. The molecule has 1 aliphatic carbocycles. The molecule has 2 unspecified atom stereocenters. The molecule has 0 aromatic carbocycles. The maximum Gasteiger partial charge on any atom is 0.0622 e. The zero-order chi connectivity index (χ0) is 13.7. The Bertz CT molecular complexity index is 267. The molecule has 0 bridgehead atoms. The molecule has 2 aliphatic rings. The maximum absolute atomic E-state index is 5.63. The van der Waals surface area contributed by atoms with Gasteiger partial charge >= 0.3 is 0 Å². The standard InChI is InChI=1S/C16H32N2O/c1-4-8-16(3,12-17-14-6-7-14)13-18-9-10-19-11-15(18)5-2/h14-15,17H,4-13H2,1-3H3. The van der Waals surface area contributed by atoms with Gasteiger partial charge in [-0.3, -0.25) is 4.90 Å². The third kappa shape index (κ3) is 4.73. The van der Waals surface area contributed by atoms with Gasteiger partial charge in [-0.05, 0) is 31.1 Å². The molecule has 112 valence electrons. The number of ether oxygens (including phenoxy) is 1. The molecule has 0 amide bonds. The van der Waals surface area contributed by atoms with Gasteiger partial charge in [0.25, 0.3) is 0 Å². The molecule has 2 atom stereocenters. The molecule has 2 rings (SSSR count). The second kappa shape index (κ2) is 7.05. The fraction of sp³-hybridized carbons (Fsp3) is 1.00. The number of hydrogen-bond donors (Lipinski definition) is 1. The van der Waals surface area contributed by atoms with Crippen LogP contribution in [0.2, 0.25) is 0 Å². The predicted molar refractivity (Wildman–Crippen MR) is 80.5 cm³/mol. The third-order valence-electron chi connectivity index (χ3n) is 4.65. The average molecular weight is 268 g/mol. The van der Waals surface area contributed by atoms with Crippen molar-refractivity contribution in [3.63, 3.8) is 0 Å². The molecule has 3 nitrogen and oxygen atoms in total. The Morgan fingerprint density at radius 3 is 2.74 bits per heavy atom. The minimum atomic E-state index is 0.419. The Kier molecular flexibility index (Phi) is 5.67. The molecule has 0 aromatic rings. The van der Waals surface area contributed by atoms with Crippen LogP contribution >= 0.6 is 0 Å². The number of rotatable bonds is 8. The van der Waals surface area contributed by atoms with Crippen LogP contribution in [0.3, 0.4) is 0 Å². The van der Waals surface area contributed by atoms with E-state index in [0.717, 1.165) is 25.8 Å². The second-order valence-electron chi connectivity index (χ2n) is 6.82. The normalized spacial score (nSPS) is 28.3. The van der Waals surface area contributed by atoms with E-state index in [-0.39, 0.29) is 0 Å². The van der Waals surface area contributed by atoms with E-state index in [1.807, 2.05) is 0 Å². The molecule has 19 heavy (non-hydrogen) atoms. The monoisotopic (exact) mass is 268 g/mol. The first kappa shape index (κ1) is 15.3. The zero-order valence-corrected chi connectivity index (χ0v) is 13.1. The van der Waals surface area contributed by atoms with Crippen molar-refractivity contribution in [3.05, 3.63) is 0 Å². The SMILES string of the molecule is CCCC(C)(CNC1CC1)CN1CCOCC1CC. The Morgan fingerprint density at radius 2 is 2.11 bits per heavy atom. The van der Waals surface area contributed by atoms with E-state index in [2.05, 4.69) is 31.0 Å². The fourth-order valence-corrected chi connectivity index (χ4v) is 3.27. The number of hydrogen-bond acceptors (Lipinski definition) is 3. The highest BCUT2D eigenvalue weighted by Gasteiger charge is 2.32. The van der Waals surface area contributed by atoms with E-state index < -0.39 is 0 Å². The lowest BCUT2D eigenvalue weighted by molar-refractivity contribution is -0.0271. The van der Waals surface area contributed by atoms with E-state index in [4.69, 9.17) is 4.74 Å². The highest BCUT2D eigenvalue weighted by Crippen LogP contribution is 2.28. The minimum Gasteiger partial charge on any atom is -0.378 e. The van der Waals surface area contributed by atoms with Crippen molar-refractivity contribution >= 4 is 0 Å². The van der Waals surface area contributed by atoms with Gasteiger partial charge in [-0.2, -0.15) is 0 Å². The van der Waals surface area contributed by atoms with Crippen LogP contribution in [0.4, 0.5) is 0 Å². The molecule has 0 radical (unpaired) electrons. The van der Waals surface area contributed by atoms with Gasteiger partial charge < -0.3 is 10.1 Å². The van der Waals surface area contributed by atoms with Crippen LogP contribution < -0.4 is 5.32 Å². The van der Waals surface area contributed by atoms with Crippen LogP contribution in [0.15, 0.2) is 0 Å². The van der Waals surface area contributed by atoms with Crippen molar-refractivity contribution in [1.82, 2.24) is 10.2 Å². The average Bonchev–Trinajstić information content (AvgIpc) is 3.21. The second-order valence-corrected chi connectivity index (χ2v) is 6.82. The van der Waals surface area contributed by atoms with Gasteiger partial charge in [0, 0.05) is 31.7 Å². The highest BCUT2D eigenvalue weighted by atomic mass is 16.5. The smallest absolute Gasteiger partial charge is 0.0622 e. The summed E-state index contributed by atoms with van der Waals surface area (Å²) in [4.78, 5) is 2.67. The van der Waals surface area contributed by atoms with Crippen molar-refractivity contribution in [2.45, 2.75) is 65.0 Å². The Hall–Kier alpha value is -0.120. The van der Waals surface area contributed by atoms with Crippen molar-refractivity contribution in [2.75, 3.05) is 32.8 Å². The fourth-order valence-electron chi connectivity index (χ4n) is 3.27. The molecule has 1 saturated heterocycles. The van der Waals surface area contributed by atoms with Crippen LogP contribution in [0.5, 0.6) is 0 Å². The first-order chi connectivity index (χ1) is 9.17. The summed E-state index contributed by atoms with van der Waals surface area (Å²) in [5.41, 5.74) is 0.419. The van der Waals surface area contributed by atoms with Gasteiger partial charge in [0.1, 0.15) is 0 Å². The quantitative estimate of drug-likeness (QED) is 0.732. The van der Waals surface area contributed by atoms with Crippen molar-refractivity contribution in [2.24, 2.45) is 5.41 Å². The van der Waals surface area contributed by atoms with Crippen LogP contribution in [0.1, 0.15) is 52.9 Å². The van der Waals surface area contributed by atoms with E-state index >= 15 is 0 Å². The summed E-state index contributed by atoms with van der Waals surface area (Å²) in [7, 11) is 0. The van der Waals surface area contributed by atoms with E-state index in [1.54, 1.807) is 0 Å². The Balaban J connectivity index is 1.88. The van der Waals surface area contributed by atoms with Gasteiger partial charge in [-0.25, -0.2) is 0 Å². The maximum atomic E-state index is 5.63. The van der Waals surface area contributed by atoms with Gasteiger partial charge in [-0.15, -0.1) is 0 Å². The van der Waals surface area contributed by atoms with Crippen LogP contribution in [0, 0.1) is 5.41 Å². The van der Waals surface area contributed by atoms with Gasteiger partial charge in [0.05, 0.1) is 13.2 Å². The van der Waals surface area contributed by atoms with Crippen LogP contribution in [0.25, 0.3) is 0 Å². The van der Waals surface area contributed by atoms with Crippen LogP contribution in [-0.4, -0.2) is 49.8 Å². The number of nitrogens with zero attached hydrogens (tertiary/aromatic N) is 1. The lowest BCUT2D eigenvalue weighted by Crippen LogP contribution is -2.51. The van der Waals surface area contributed by atoms with Gasteiger partial charge in [-0.1, -0.05) is 27.2 Å². The number of morpholine rings is 1. The summed E-state index contributed by atoms with van der Waals surface area (Å²) in [6.07, 6.45) is 6.58. The van der Waals surface area contributed by atoms with Crippen molar-refractivity contribution < 1.29 is 4.74 Å². The van der Waals surface area contributed by atoms with E-state index in [1.165, 1.54) is 45.2 Å². The largest absolute Gasteiger partial charge is 0.378 e. The molecular formula is C16H32N2O. The molecule has 1 heterocycles. The summed E-state index contributed by atoms with van der Waals surface area (Å²) in [5.74, 6) is 0. The molecule has 1 aliphatic heterocycles. The first-order valence-corrected chi connectivity index (χ1v) is 8.22. The lowest BCUT2D eigenvalue weighted by atomic mass is 9.84. The highest BCUT2D eigenvalue weighted by molar-refractivity contribution is 4.89. The summed E-state index contributed by atoms with van der Waals surface area (Å²) >= 11 is 0. The summed E-state index contributed by atoms with van der Waals surface area (Å²) in [6, 6.07) is 1.45. The molecule has 3 heteroatoms. The predicted octanol–water partition coefficient (Wildman–Crippen LogP) is 2.66. The summed E-state index contributed by atoms with van der Waals surface area (Å²) < 4.78 is 5.63. The molecular weight excluding hydrogens is 236 g/mol. The minimum absolute atomic E-state index is 0.419. The number of nitrogens with one attached hydrogen (secondary N) is 1. The Labute approximate surface area is 119 Å². The molecule has 1 saturated carbocycles. The summed E-state index contributed by atoms with van der Waals surface area (Å²) in [6.45, 7) is 12.4. The first-order valence-electron chi connectivity index (χ1n) is 8.22. The van der Waals surface area contributed by atoms with Crippen molar-refractivity contribution in [1.29, 1.82) is 0 Å². The van der Waals surface area contributed by atoms with Crippen molar-refractivity contribution in [3.8, 4) is 0 Å². The third-order valence-corrected chi connectivity index (χ3v) is 4.65. The van der Waals surface area contributed by atoms with Gasteiger partial charge in [0.2, 0.25) is 0 Å².